The highest BCUT2D eigenvalue weighted by molar-refractivity contribution is 5.78. The molecule has 5 N–H and O–H groups in total. The Labute approximate surface area is 82.6 Å². The van der Waals surface area contributed by atoms with Crippen molar-refractivity contribution in [2.75, 3.05) is 19.6 Å². The van der Waals surface area contributed by atoms with Gasteiger partial charge in [-0.1, -0.05) is 0 Å². The van der Waals surface area contributed by atoms with Gasteiger partial charge in [-0.05, 0) is 25.9 Å². The zero-order valence-electron chi connectivity index (χ0n) is 8.03. The molecule has 2 amide bonds. The first kappa shape index (κ1) is 10.9. The summed E-state index contributed by atoms with van der Waals surface area (Å²) in [6.45, 7) is 1.74. The van der Waals surface area contributed by atoms with E-state index in [0.29, 0.717) is 6.54 Å². The standard InChI is InChI=1S/C8H16N4O2/c9-8(14)6-1-3-12(4-2-6)5-7(13)11-10/h6H,1-5,10H2,(H2,9,14)(H,11,13). The first-order valence-corrected chi connectivity index (χ1v) is 4.64. The molecule has 1 fully saturated rings. The molecule has 0 radical (unpaired) electrons. The Morgan fingerprint density at radius 2 is 1.93 bits per heavy atom. The third kappa shape index (κ3) is 2.97. The van der Waals surface area contributed by atoms with Crippen molar-refractivity contribution >= 4 is 11.8 Å². The van der Waals surface area contributed by atoms with E-state index in [4.69, 9.17) is 11.6 Å². The van der Waals surface area contributed by atoms with Crippen molar-refractivity contribution in [3.05, 3.63) is 0 Å². The minimum Gasteiger partial charge on any atom is -0.369 e. The summed E-state index contributed by atoms with van der Waals surface area (Å²) in [6.07, 6.45) is 1.46. The second kappa shape index (κ2) is 4.92. The number of nitrogens with zero attached hydrogens (tertiary/aromatic N) is 1. The lowest BCUT2D eigenvalue weighted by atomic mass is 9.96. The van der Waals surface area contributed by atoms with Gasteiger partial charge in [0.25, 0.3) is 0 Å². The number of piperidine rings is 1. The van der Waals surface area contributed by atoms with Crippen LogP contribution >= 0.6 is 0 Å². The Kier molecular flexibility index (Phi) is 3.84. The van der Waals surface area contributed by atoms with Crippen LogP contribution in [0.1, 0.15) is 12.8 Å². The van der Waals surface area contributed by atoms with Crippen molar-refractivity contribution in [2.45, 2.75) is 12.8 Å². The van der Waals surface area contributed by atoms with E-state index >= 15 is 0 Å². The number of hydrogen-bond donors (Lipinski definition) is 3. The predicted molar refractivity (Wildman–Crippen MR) is 50.7 cm³/mol. The van der Waals surface area contributed by atoms with Crippen molar-refractivity contribution in [1.29, 1.82) is 0 Å². The van der Waals surface area contributed by atoms with Crippen LogP contribution in [0.4, 0.5) is 0 Å². The molecule has 0 aromatic heterocycles. The van der Waals surface area contributed by atoms with E-state index in [9.17, 15) is 9.59 Å². The Hall–Kier alpha value is -1.14. The number of amides is 2. The molecule has 0 bridgehead atoms. The number of nitrogens with one attached hydrogen (secondary N) is 1. The molecule has 1 aliphatic heterocycles. The Balaban J connectivity index is 2.29. The quantitative estimate of drug-likeness (QED) is 0.283. The molecule has 6 heteroatoms. The van der Waals surface area contributed by atoms with Gasteiger partial charge >= 0.3 is 0 Å². The number of hydrazine groups is 1. The lowest BCUT2D eigenvalue weighted by molar-refractivity contribution is -0.124. The van der Waals surface area contributed by atoms with Gasteiger partial charge in [-0.3, -0.25) is 19.9 Å². The molecule has 0 saturated carbocycles. The van der Waals surface area contributed by atoms with Gasteiger partial charge in [0.15, 0.2) is 0 Å². The number of rotatable bonds is 3. The van der Waals surface area contributed by atoms with Crippen LogP contribution in [0.3, 0.4) is 0 Å². The maximum absolute atomic E-state index is 10.9. The van der Waals surface area contributed by atoms with Gasteiger partial charge in [0, 0.05) is 5.92 Å². The Morgan fingerprint density at radius 1 is 1.36 bits per heavy atom. The summed E-state index contributed by atoms with van der Waals surface area (Å²) in [5, 5.41) is 0. The topological polar surface area (TPSA) is 101 Å². The number of carbonyl (C=O) groups excluding carboxylic acids is 2. The minimum atomic E-state index is -0.243. The highest BCUT2D eigenvalue weighted by Gasteiger charge is 2.23. The van der Waals surface area contributed by atoms with Crippen LogP contribution in [0.15, 0.2) is 0 Å². The highest BCUT2D eigenvalue weighted by Crippen LogP contribution is 2.15. The zero-order valence-corrected chi connectivity index (χ0v) is 8.03. The third-order valence-electron chi connectivity index (χ3n) is 2.52. The molecule has 0 aliphatic carbocycles. The summed E-state index contributed by atoms with van der Waals surface area (Å²) in [6, 6.07) is 0. The molecule has 1 aliphatic rings. The monoisotopic (exact) mass is 200 g/mol. The van der Waals surface area contributed by atoms with Crippen LogP contribution in [-0.4, -0.2) is 36.3 Å². The molecule has 0 unspecified atom stereocenters. The molecule has 0 spiro atoms. The average molecular weight is 200 g/mol. The number of primary amides is 1. The van der Waals surface area contributed by atoms with Gasteiger partial charge in [0.05, 0.1) is 6.54 Å². The first-order valence-electron chi connectivity index (χ1n) is 4.64. The SMILES string of the molecule is NNC(=O)CN1CCC(C(N)=O)CC1. The zero-order chi connectivity index (χ0) is 10.6. The van der Waals surface area contributed by atoms with E-state index in [2.05, 4.69) is 5.43 Å². The number of likely N-dealkylation sites (tertiary alicyclic amines) is 1. The smallest absolute Gasteiger partial charge is 0.248 e. The van der Waals surface area contributed by atoms with Gasteiger partial charge in [0.1, 0.15) is 0 Å². The van der Waals surface area contributed by atoms with Gasteiger partial charge in [-0.15, -0.1) is 0 Å². The summed E-state index contributed by atoms with van der Waals surface area (Å²) in [5.74, 6) is 4.48. The summed E-state index contributed by atoms with van der Waals surface area (Å²) in [4.78, 5) is 23.7. The predicted octanol–water partition coefficient (Wildman–Crippen LogP) is -1.83. The second-order valence-corrected chi connectivity index (χ2v) is 3.52. The van der Waals surface area contributed by atoms with Crippen molar-refractivity contribution in [3.63, 3.8) is 0 Å². The molecule has 0 aromatic carbocycles. The van der Waals surface area contributed by atoms with Gasteiger partial charge < -0.3 is 5.73 Å². The molecular formula is C8H16N4O2. The summed E-state index contributed by atoms with van der Waals surface area (Å²) in [5.41, 5.74) is 7.26. The molecule has 14 heavy (non-hydrogen) atoms. The van der Waals surface area contributed by atoms with E-state index in [1.807, 2.05) is 4.90 Å². The molecule has 1 heterocycles. The first-order chi connectivity index (χ1) is 6.63. The molecular weight excluding hydrogens is 184 g/mol. The van der Waals surface area contributed by atoms with E-state index in [-0.39, 0.29) is 17.7 Å². The van der Waals surface area contributed by atoms with E-state index in [0.717, 1.165) is 25.9 Å². The number of nitrogens with two attached hydrogens (primary N) is 2. The number of hydrogen-bond acceptors (Lipinski definition) is 4. The fourth-order valence-electron chi connectivity index (χ4n) is 1.62. The van der Waals surface area contributed by atoms with Gasteiger partial charge in [-0.2, -0.15) is 0 Å². The third-order valence-corrected chi connectivity index (χ3v) is 2.52. The molecule has 1 rings (SSSR count). The molecule has 1 saturated heterocycles. The van der Waals surface area contributed by atoms with E-state index < -0.39 is 0 Å². The lowest BCUT2D eigenvalue weighted by Crippen LogP contribution is -2.45. The average Bonchev–Trinajstić information content (AvgIpc) is 2.18. The van der Waals surface area contributed by atoms with Crippen molar-refractivity contribution < 1.29 is 9.59 Å². The van der Waals surface area contributed by atoms with Gasteiger partial charge in [-0.25, -0.2) is 5.84 Å². The van der Waals surface area contributed by atoms with E-state index in [1.54, 1.807) is 0 Å². The van der Waals surface area contributed by atoms with Gasteiger partial charge in [0.2, 0.25) is 11.8 Å². The largest absolute Gasteiger partial charge is 0.369 e. The summed E-state index contributed by atoms with van der Waals surface area (Å²) in [7, 11) is 0. The minimum absolute atomic E-state index is 0.0350. The van der Waals surface area contributed by atoms with Crippen molar-refractivity contribution in [1.82, 2.24) is 10.3 Å². The Bertz CT molecular complexity index is 223. The molecule has 0 atom stereocenters. The maximum Gasteiger partial charge on any atom is 0.248 e. The highest BCUT2D eigenvalue weighted by atomic mass is 16.2. The lowest BCUT2D eigenvalue weighted by Gasteiger charge is -2.29. The van der Waals surface area contributed by atoms with Crippen LogP contribution in [0.5, 0.6) is 0 Å². The van der Waals surface area contributed by atoms with Crippen molar-refractivity contribution in [3.8, 4) is 0 Å². The summed E-state index contributed by atoms with van der Waals surface area (Å²) >= 11 is 0. The van der Waals surface area contributed by atoms with Crippen LogP contribution in [0.25, 0.3) is 0 Å². The normalized spacial score (nSPS) is 19.2. The molecule has 80 valence electrons. The van der Waals surface area contributed by atoms with Crippen LogP contribution < -0.4 is 17.0 Å². The second-order valence-electron chi connectivity index (χ2n) is 3.52. The summed E-state index contributed by atoms with van der Waals surface area (Å²) < 4.78 is 0. The number of carbonyl (C=O) groups is 2. The van der Waals surface area contributed by atoms with Crippen molar-refractivity contribution in [2.24, 2.45) is 17.5 Å². The fraction of sp³-hybridized carbons (Fsp3) is 0.750. The fourth-order valence-corrected chi connectivity index (χ4v) is 1.62. The molecule has 0 aromatic rings. The Morgan fingerprint density at radius 3 is 2.36 bits per heavy atom. The maximum atomic E-state index is 10.9. The molecule has 6 nitrogen and oxygen atoms in total. The van der Waals surface area contributed by atoms with E-state index in [1.165, 1.54) is 0 Å². The van der Waals surface area contributed by atoms with Crippen LogP contribution in [-0.2, 0) is 9.59 Å². The van der Waals surface area contributed by atoms with Crippen LogP contribution in [0, 0.1) is 5.92 Å². The van der Waals surface area contributed by atoms with Crippen LogP contribution in [0.2, 0.25) is 0 Å².